The number of nitrogens with one attached hydrogen (secondary N) is 1. The van der Waals surface area contributed by atoms with Crippen molar-refractivity contribution in [3.63, 3.8) is 0 Å². The molecule has 0 amide bonds. The molecule has 1 heterocycles. The standard InChI is InChI=1S/C17H12F4N2O/c1-24-15-7-6-12(18)8-13(15)14-9-22-16(23-14)10-2-4-11(5-3-10)17(19,20)21/h2-9H,1H3,(H,22,23). The maximum absolute atomic E-state index is 13.5. The highest BCUT2D eigenvalue weighted by atomic mass is 19.4. The number of alkyl halides is 3. The summed E-state index contributed by atoms with van der Waals surface area (Å²) in [6.07, 6.45) is -2.84. The molecule has 2 aromatic carbocycles. The molecule has 0 aliphatic carbocycles. The van der Waals surface area contributed by atoms with Crippen molar-refractivity contribution in [3.05, 3.63) is 60.0 Å². The largest absolute Gasteiger partial charge is 0.496 e. The van der Waals surface area contributed by atoms with Gasteiger partial charge in [0.05, 0.1) is 18.4 Å². The molecule has 0 saturated carbocycles. The van der Waals surface area contributed by atoms with Gasteiger partial charge in [0, 0.05) is 17.3 Å². The molecule has 0 unspecified atom stereocenters. The third-order valence-corrected chi connectivity index (χ3v) is 3.50. The minimum absolute atomic E-state index is 0.380. The normalized spacial score (nSPS) is 11.5. The predicted molar refractivity (Wildman–Crippen MR) is 81.0 cm³/mol. The predicted octanol–water partition coefficient (Wildman–Crippen LogP) is 4.91. The van der Waals surface area contributed by atoms with Crippen LogP contribution in [0.4, 0.5) is 17.6 Å². The number of hydrogen-bond donors (Lipinski definition) is 1. The first kappa shape index (κ1) is 16.0. The van der Waals surface area contributed by atoms with Gasteiger partial charge in [-0.1, -0.05) is 12.1 Å². The van der Waals surface area contributed by atoms with Crippen molar-refractivity contribution in [2.24, 2.45) is 0 Å². The minimum atomic E-state index is -4.39. The van der Waals surface area contributed by atoms with Crippen molar-refractivity contribution in [3.8, 4) is 28.4 Å². The molecule has 3 rings (SSSR count). The molecule has 24 heavy (non-hydrogen) atoms. The van der Waals surface area contributed by atoms with Crippen LogP contribution >= 0.6 is 0 Å². The SMILES string of the molecule is COc1ccc(F)cc1-c1c[nH]c(-c2ccc(C(F)(F)F)cc2)n1. The molecule has 124 valence electrons. The molecular formula is C17H12F4N2O. The summed E-state index contributed by atoms with van der Waals surface area (Å²) in [6, 6.07) is 8.66. The van der Waals surface area contributed by atoms with E-state index in [1.165, 1.54) is 37.4 Å². The number of imidazole rings is 1. The van der Waals surface area contributed by atoms with E-state index in [1.54, 1.807) is 6.20 Å². The van der Waals surface area contributed by atoms with Gasteiger partial charge in [-0.25, -0.2) is 9.37 Å². The number of aromatic nitrogens is 2. The number of methoxy groups -OCH3 is 1. The van der Waals surface area contributed by atoms with Crippen LogP contribution in [0.1, 0.15) is 5.56 Å². The highest BCUT2D eigenvalue weighted by molar-refractivity contribution is 5.69. The van der Waals surface area contributed by atoms with Crippen molar-refractivity contribution >= 4 is 0 Å². The van der Waals surface area contributed by atoms with Gasteiger partial charge in [-0.3, -0.25) is 0 Å². The Labute approximate surface area is 134 Å². The summed E-state index contributed by atoms with van der Waals surface area (Å²) >= 11 is 0. The fourth-order valence-electron chi connectivity index (χ4n) is 2.31. The number of aromatic amines is 1. The van der Waals surface area contributed by atoms with Crippen molar-refractivity contribution in [1.82, 2.24) is 9.97 Å². The number of rotatable bonds is 3. The average Bonchev–Trinajstić information content (AvgIpc) is 3.04. The lowest BCUT2D eigenvalue weighted by Gasteiger charge is -2.07. The van der Waals surface area contributed by atoms with Crippen molar-refractivity contribution in [2.45, 2.75) is 6.18 Å². The Hall–Kier alpha value is -2.83. The summed E-state index contributed by atoms with van der Waals surface area (Å²) in [7, 11) is 1.46. The second-order valence-electron chi connectivity index (χ2n) is 5.05. The third kappa shape index (κ3) is 3.10. The summed E-state index contributed by atoms with van der Waals surface area (Å²) in [5, 5.41) is 0. The van der Waals surface area contributed by atoms with Crippen LogP contribution < -0.4 is 4.74 Å². The lowest BCUT2D eigenvalue weighted by Crippen LogP contribution is -2.04. The van der Waals surface area contributed by atoms with E-state index < -0.39 is 17.6 Å². The van der Waals surface area contributed by atoms with Crippen LogP contribution in [0.15, 0.2) is 48.7 Å². The molecule has 1 N–H and O–H groups in total. The van der Waals surface area contributed by atoms with Gasteiger partial charge in [0.2, 0.25) is 0 Å². The fraction of sp³-hybridized carbons (Fsp3) is 0.118. The maximum atomic E-state index is 13.5. The zero-order valence-corrected chi connectivity index (χ0v) is 12.5. The van der Waals surface area contributed by atoms with E-state index in [9.17, 15) is 17.6 Å². The Bertz CT molecular complexity index is 854. The van der Waals surface area contributed by atoms with Crippen LogP contribution in [0.5, 0.6) is 5.75 Å². The molecule has 3 aromatic rings. The fourth-order valence-corrected chi connectivity index (χ4v) is 2.31. The minimum Gasteiger partial charge on any atom is -0.496 e. The maximum Gasteiger partial charge on any atom is 0.416 e. The van der Waals surface area contributed by atoms with Crippen LogP contribution in [0.25, 0.3) is 22.6 Å². The van der Waals surface area contributed by atoms with Gasteiger partial charge in [0.1, 0.15) is 17.4 Å². The van der Waals surface area contributed by atoms with E-state index in [0.717, 1.165) is 12.1 Å². The number of nitrogens with zero attached hydrogens (tertiary/aromatic N) is 1. The number of hydrogen-bond acceptors (Lipinski definition) is 2. The summed E-state index contributed by atoms with van der Waals surface area (Å²) in [5.41, 5.74) is 0.641. The summed E-state index contributed by atoms with van der Waals surface area (Å²) < 4.78 is 56.4. The Balaban J connectivity index is 1.95. The second kappa shape index (κ2) is 5.99. The quantitative estimate of drug-likeness (QED) is 0.690. The van der Waals surface area contributed by atoms with Gasteiger partial charge < -0.3 is 9.72 Å². The van der Waals surface area contributed by atoms with Crippen LogP contribution in [0, 0.1) is 5.82 Å². The molecule has 0 atom stereocenters. The average molecular weight is 336 g/mol. The van der Waals surface area contributed by atoms with E-state index in [1.807, 2.05) is 0 Å². The van der Waals surface area contributed by atoms with Crippen LogP contribution in [-0.2, 0) is 6.18 Å². The number of halogens is 4. The zero-order valence-electron chi connectivity index (χ0n) is 12.5. The molecule has 0 saturated heterocycles. The molecule has 7 heteroatoms. The molecule has 0 bridgehead atoms. The Morgan fingerprint density at radius 3 is 2.38 bits per heavy atom. The first-order valence-corrected chi connectivity index (χ1v) is 6.95. The molecule has 3 nitrogen and oxygen atoms in total. The molecule has 0 radical (unpaired) electrons. The van der Waals surface area contributed by atoms with Gasteiger partial charge >= 0.3 is 6.18 Å². The van der Waals surface area contributed by atoms with E-state index in [-0.39, 0.29) is 0 Å². The zero-order chi connectivity index (χ0) is 17.3. The van der Waals surface area contributed by atoms with Gasteiger partial charge in [-0.05, 0) is 30.3 Å². The van der Waals surface area contributed by atoms with Crippen LogP contribution in [0.2, 0.25) is 0 Å². The van der Waals surface area contributed by atoms with Crippen molar-refractivity contribution in [2.75, 3.05) is 7.11 Å². The van der Waals surface area contributed by atoms with Gasteiger partial charge in [0.15, 0.2) is 0 Å². The molecule has 0 spiro atoms. The van der Waals surface area contributed by atoms with Crippen LogP contribution in [0.3, 0.4) is 0 Å². The first-order valence-electron chi connectivity index (χ1n) is 6.95. The topological polar surface area (TPSA) is 37.9 Å². The van der Waals surface area contributed by atoms with E-state index in [0.29, 0.717) is 28.4 Å². The third-order valence-electron chi connectivity index (χ3n) is 3.50. The Kier molecular flexibility index (Phi) is 4.01. The highest BCUT2D eigenvalue weighted by Gasteiger charge is 2.30. The van der Waals surface area contributed by atoms with Gasteiger partial charge in [-0.15, -0.1) is 0 Å². The van der Waals surface area contributed by atoms with E-state index in [4.69, 9.17) is 4.74 Å². The summed E-state index contributed by atoms with van der Waals surface area (Å²) in [4.78, 5) is 7.19. The molecule has 0 aliphatic rings. The molecule has 0 fully saturated rings. The lowest BCUT2D eigenvalue weighted by molar-refractivity contribution is -0.137. The van der Waals surface area contributed by atoms with Crippen molar-refractivity contribution in [1.29, 1.82) is 0 Å². The molecule has 0 aliphatic heterocycles. The van der Waals surface area contributed by atoms with Gasteiger partial charge in [0.25, 0.3) is 0 Å². The van der Waals surface area contributed by atoms with Crippen molar-refractivity contribution < 1.29 is 22.3 Å². The lowest BCUT2D eigenvalue weighted by atomic mass is 10.1. The van der Waals surface area contributed by atoms with E-state index >= 15 is 0 Å². The summed E-state index contributed by atoms with van der Waals surface area (Å²) in [5.74, 6) is 0.386. The molecule has 1 aromatic heterocycles. The number of ether oxygens (including phenoxy) is 1. The van der Waals surface area contributed by atoms with Gasteiger partial charge in [-0.2, -0.15) is 13.2 Å². The number of H-pyrrole nitrogens is 1. The van der Waals surface area contributed by atoms with Crippen LogP contribution in [-0.4, -0.2) is 17.1 Å². The Morgan fingerprint density at radius 1 is 1.04 bits per heavy atom. The highest BCUT2D eigenvalue weighted by Crippen LogP contribution is 2.32. The smallest absolute Gasteiger partial charge is 0.416 e. The van der Waals surface area contributed by atoms with E-state index in [2.05, 4.69) is 9.97 Å². The molecular weight excluding hydrogens is 324 g/mol. The monoisotopic (exact) mass is 336 g/mol. The second-order valence-corrected chi connectivity index (χ2v) is 5.05. The number of benzene rings is 2. The Morgan fingerprint density at radius 2 is 1.75 bits per heavy atom. The first-order chi connectivity index (χ1) is 11.4. The summed E-state index contributed by atoms with van der Waals surface area (Å²) in [6.45, 7) is 0.